The van der Waals surface area contributed by atoms with Crippen LogP contribution in [0.4, 0.5) is 4.39 Å². The minimum absolute atomic E-state index is 0.185. The van der Waals surface area contributed by atoms with Gasteiger partial charge in [0.2, 0.25) is 0 Å². The maximum absolute atomic E-state index is 15.2. The van der Waals surface area contributed by atoms with Gasteiger partial charge in [-0.2, -0.15) is 0 Å². The fraction of sp³-hybridized carbons (Fsp3) is 0.214. The summed E-state index contributed by atoms with van der Waals surface area (Å²) < 4.78 is 20.4. The molecule has 0 amide bonds. The van der Waals surface area contributed by atoms with Crippen LogP contribution in [0.1, 0.15) is 31.7 Å². The van der Waals surface area contributed by atoms with Crippen molar-refractivity contribution in [3.05, 3.63) is 90.2 Å². The van der Waals surface area contributed by atoms with E-state index >= 15 is 4.39 Å². The number of ether oxygens (including phenoxy) is 1. The van der Waals surface area contributed by atoms with Crippen LogP contribution in [-0.4, -0.2) is 7.11 Å². The Labute approximate surface area is 178 Å². The first-order chi connectivity index (χ1) is 14.7. The Bertz CT molecular complexity index is 1130. The van der Waals surface area contributed by atoms with Crippen LogP contribution >= 0.6 is 0 Å². The molecular weight excluding hydrogens is 371 g/mol. The zero-order valence-corrected chi connectivity index (χ0v) is 17.6. The van der Waals surface area contributed by atoms with E-state index in [-0.39, 0.29) is 5.82 Å². The summed E-state index contributed by atoms with van der Waals surface area (Å²) in [6, 6.07) is 26.1. The summed E-state index contributed by atoms with van der Waals surface area (Å²) in [5.74, 6) is 0.580. The SMILES string of the molecule is CCCCCc1ccc(-c2ccc3c(F)c(-c4ccc(OC)cc4)ccc3c2)cc1. The highest BCUT2D eigenvalue weighted by molar-refractivity contribution is 5.91. The van der Waals surface area contributed by atoms with Crippen molar-refractivity contribution in [3.63, 3.8) is 0 Å². The van der Waals surface area contributed by atoms with Crippen LogP contribution in [0.5, 0.6) is 5.75 Å². The normalized spacial score (nSPS) is 11.0. The average molecular weight is 399 g/mol. The molecule has 0 aromatic heterocycles. The van der Waals surface area contributed by atoms with Crippen LogP contribution in [0.15, 0.2) is 78.9 Å². The third-order valence-electron chi connectivity index (χ3n) is 5.71. The molecule has 2 heteroatoms. The number of methoxy groups -OCH3 is 1. The van der Waals surface area contributed by atoms with Gasteiger partial charge < -0.3 is 4.74 Å². The molecule has 4 aromatic carbocycles. The molecule has 0 spiro atoms. The molecule has 0 aliphatic heterocycles. The van der Waals surface area contributed by atoms with Gasteiger partial charge in [-0.1, -0.05) is 80.4 Å². The number of aryl methyl sites for hydroxylation is 1. The third kappa shape index (κ3) is 4.23. The van der Waals surface area contributed by atoms with Gasteiger partial charge in [-0.25, -0.2) is 4.39 Å². The first-order valence-electron chi connectivity index (χ1n) is 10.7. The van der Waals surface area contributed by atoms with E-state index in [1.165, 1.54) is 24.8 Å². The number of hydrogen-bond donors (Lipinski definition) is 0. The van der Waals surface area contributed by atoms with E-state index in [0.29, 0.717) is 10.9 Å². The lowest BCUT2D eigenvalue weighted by atomic mass is 9.96. The number of fused-ring (bicyclic) bond motifs is 1. The number of unbranched alkanes of at least 4 members (excludes halogenated alkanes) is 2. The van der Waals surface area contributed by atoms with Gasteiger partial charge in [-0.05, 0) is 58.7 Å². The molecule has 30 heavy (non-hydrogen) atoms. The fourth-order valence-electron chi connectivity index (χ4n) is 3.91. The summed E-state index contributed by atoms with van der Waals surface area (Å²) in [6.07, 6.45) is 4.88. The molecular formula is C28H27FO. The number of benzene rings is 4. The molecule has 0 N–H and O–H groups in total. The molecule has 4 rings (SSSR count). The fourth-order valence-corrected chi connectivity index (χ4v) is 3.91. The lowest BCUT2D eigenvalue weighted by Gasteiger charge is -2.10. The van der Waals surface area contributed by atoms with Gasteiger partial charge >= 0.3 is 0 Å². The van der Waals surface area contributed by atoms with Crippen molar-refractivity contribution in [1.82, 2.24) is 0 Å². The first-order valence-corrected chi connectivity index (χ1v) is 10.7. The monoisotopic (exact) mass is 398 g/mol. The highest BCUT2D eigenvalue weighted by atomic mass is 19.1. The van der Waals surface area contributed by atoms with E-state index in [1.54, 1.807) is 7.11 Å². The highest BCUT2D eigenvalue weighted by Crippen LogP contribution is 2.32. The topological polar surface area (TPSA) is 9.23 Å². The number of halogens is 1. The lowest BCUT2D eigenvalue weighted by Crippen LogP contribution is -1.89. The number of rotatable bonds is 7. The van der Waals surface area contributed by atoms with Crippen molar-refractivity contribution in [2.24, 2.45) is 0 Å². The van der Waals surface area contributed by atoms with Crippen LogP contribution in [0.3, 0.4) is 0 Å². The minimum atomic E-state index is -0.185. The smallest absolute Gasteiger partial charge is 0.138 e. The predicted octanol–water partition coefficient (Wildman–Crippen LogP) is 8.05. The molecule has 0 aliphatic carbocycles. The molecule has 0 fully saturated rings. The predicted molar refractivity (Wildman–Crippen MR) is 125 cm³/mol. The molecule has 152 valence electrons. The van der Waals surface area contributed by atoms with Gasteiger partial charge in [0.05, 0.1) is 7.11 Å². The Morgan fingerprint density at radius 3 is 2.13 bits per heavy atom. The van der Waals surface area contributed by atoms with Crippen molar-refractivity contribution in [1.29, 1.82) is 0 Å². The summed E-state index contributed by atoms with van der Waals surface area (Å²) >= 11 is 0. The van der Waals surface area contributed by atoms with E-state index in [9.17, 15) is 0 Å². The molecule has 0 saturated heterocycles. The zero-order chi connectivity index (χ0) is 20.9. The van der Waals surface area contributed by atoms with Gasteiger partial charge in [0.25, 0.3) is 0 Å². The van der Waals surface area contributed by atoms with Crippen LogP contribution in [0.2, 0.25) is 0 Å². The van der Waals surface area contributed by atoms with E-state index in [0.717, 1.165) is 34.2 Å². The summed E-state index contributed by atoms with van der Waals surface area (Å²) in [6.45, 7) is 2.23. The van der Waals surface area contributed by atoms with E-state index in [4.69, 9.17) is 4.74 Å². The maximum atomic E-state index is 15.2. The Hall–Kier alpha value is -3.13. The van der Waals surface area contributed by atoms with Gasteiger partial charge in [0.15, 0.2) is 0 Å². The van der Waals surface area contributed by atoms with Crippen molar-refractivity contribution < 1.29 is 9.13 Å². The molecule has 0 bridgehead atoms. The van der Waals surface area contributed by atoms with Crippen molar-refractivity contribution in [3.8, 4) is 28.0 Å². The van der Waals surface area contributed by atoms with Gasteiger partial charge in [0, 0.05) is 10.9 Å². The Morgan fingerprint density at radius 2 is 1.43 bits per heavy atom. The second kappa shape index (κ2) is 9.13. The summed E-state index contributed by atoms with van der Waals surface area (Å²) in [5.41, 5.74) is 5.10. The summed E-state index contributed by atoms with van der Waals surface area (Å²) in [7, 11) is 1.63. The lowest BCUT2D eigenvalue weighted by molar-refractivity contribution is 0.415. The second-order valence-electron chi connectivity index (χ2n) is 7.75. The van der Waals surface area contributed by atoms with Crippen LogP contribution in [0.25, 0.3) is 33.0 Å². The van der Waals surface area contributed by atoms with Gasteiger partial charge in [-0.3, -0.25) is 0 Å². The minimum Gasteiger partial charge on any atom is -0.497 e. The van der Waals surface area contributed by atoms with Crippen LogP contribution in [-0.2, 0) is 6.42 Å². The zero-order valence-electron chi connectivity index (χ0n) is 17.6. The van der Waals surface area contributed by atoms with E-state index < -0.39 is 0 Å². The molecule has 0 heterocycles. The molecule has 4 aromatic rings. The van der Waals surface area contributed by atoms with Crippen LogP contribution < -0.4 is 4.74 Å². The molecule has 0 radical (unpaired) electrons. The molecule has 0 atom stereocenters. The largest absolute Gasteiger partial charge is 0.497 e. The summed E-state index contributed by atoms with van der Waals surface area (Å²) in [5, 5.41) is 1.55. The molecule has 1 nitrogen and oxygen atoms in total. The second-order valence-corrected chi connectivity index (χ2v) is 7.75. The first kappa shape index (κ1) is 20.2. The standard InChI is InChI=1S/C28H27FO/c1-3-4-5-6-20-7-9-21(10-8-20)23-13-17-27-24(19-23)14-18-26(28(27)29)22-11-15-25(30-2)16-12-22/h7-19H,3-6H2,1-2H3. The molecule has 0 unspecified atom stereocenters. The van der Waals surface area contributed by atoms with Crippen molar-refractivity contribution >= 4 is 10.8 Å². The average Bonchev–Trinajstić information content (AvgIpc) is 2.80. The van der Waals surface area contributed by atoms with Crippen LogP contribution in [0, 0.1) is 5.82 Å². The quantitative estimate of drug-likeness (QED) is 0.286. The molecule has 0 saturated carbocycles. The van der Waals surface area contributed by atoms with E-state index in [2.05, 4.69) is 37.3 Å². The van der Waals surface area contributed by atoms with Crippen molar-refractivity contribution in [2.45, 2.75) is 32.6 Å². The highest BCUT2D eigenvalue weighted by Gasteiger charge is 2.11. The summed E-state index contributed by atoms with van der Waals surface area (Å²) in [4.78, 5) is 0. The number of hydrogen-bond acceptors (Lipinski definition) is 1. The third-order valence-corrected chi connectivity index (χ3v) is 5.71. The van der Waals surface area contributed by atoms with Gasteiger partial charge in [0.1, 0.15) is 11.6 Å². The van der Waals surface area contributed by atoms with Crippen molar-refractivity contribution in [2.75, 3.05) is 7.11 Å². The Morgan fingerprint density at radius 1 is 0.733 bits per heavy atom. The van der Waals surface area contributed by atoms with E-state index in [1.807, 2.05) is 48.5 Å². The maximum Gasteiger partial charge on any atom is 0.138 e. The Kier molecular flexibility index (Phi) is 6.13. The van der Waals surface area contributed by atoms with Gasteiger partial charge in [-0.15, -0.1) is 0 Å². The molecule has 0 aliphatic rings. The Balaban J connectivity index is 1.61.